The summed E-state index contributed by atoms with van der Waals surface area (Å²) < 4.78 is 0. The summed E-state index contributed by atoms with van der Waals surface area (Å²) in [5, 5.41) is 3.23. The molecule has 4 nitrogen and oxygen atoms in total. The summed E-state index contributed by atoms with van der Waals surface area (Å²) in [5.41, 5.74) is 7.05. The summed E-state index contributed by atoms with van der Waals surface area (Å²) in [6, 6.07) is 3.49. The minimum Gasteiger partial charge on any atom is -0.384 e. The first-order valence-electron chi connectivity index (χ1n) is 6.17. The average molecular weight is 310 g/mol. The van der Waals surface area contributed by atoms with Gasteiger partial charge in [-0.3, -0.25) is 4.79 Å². The largest absolute Gasteiger partial charge is 0.384 e. The normalized spacial score (nSPS) is 12.2. The van der Waals surface area contributed by atoms with Gasteiger partial charge in [-0.05, 0) is 38.5 Å². The molecule has 0 fully saturated rings. The van der Waals surface area contributed by atoms with Crippen LogP contribution in [0.2, 0.25) is 5.02 Å². The van der Waals surface area contributed by atoms with Crippen molar-refractivity contribution >= 4 is 34.7 Å². The first-order chi connectivity index (χ1) is 9.38. The molecule has 0 aliphatic heterocycles. The van der Waals surface area contributed by atoms with Crippen molar-refractivity contribution < 1.29 is 4.79 Å². The molecule has 2 aromatic rings. The van der Waals surface area contributed by atoms with Crippen LogP contribution < -0.4 is 11.1 Å². The second kappa shape index (κ2) is 5.81. The van der Waals surface area contributed by atoms with Gasteiger partial charge in [0.2, 0.25) is 0 Å². The van der Waals surface area contributed by atoms with Gasteiger partial charge in [-0.1, -0.05) is 11.6 Å². The molecule has 2 heterocycles. The zero-order chi connectivity index (χ0) is 14.9. The van der Waals surface area contributed by atoms with Crippen molar-refractivity contribution in [3.8, 4) is 0 Å². The topological polar surface area (TPSA) is 68.0 Å². The molecule has 1 amide bonds. The molecule has 3 N–H and O–H groups in total. The molecule has 0 bridgehead atoms. The van der Waals surface area contributed by atoms with Crippen molar-refractivity contribution in [3.63, 3.8) is 0 Å². The Labute approximate surface area is 127 Å². The number of carbonyl (C=O) groups is 1. The predicted octanol–water partition coefficient (Wildman–Crippen LogP) is 3.49. The van der Waals surface area contributed by atoms with Crippen LogP contribution in [0, 0.1) is 13.8 Å². The fourth-order valence-corrected chi connectivity index (χ4v) is 3.27. The number of hydrogen-bond donors (Lipinski definition) is 2. The van der Waals surface area contributed by atoms with Crippen LogP contribution in [0.25, 0.3) is 0 Å². The van der Waals surface area contributed by atoms with Gasteiger partial charge in [-0.25, -0.2) is 4.98 Å². The van der Waals surface area contributed by atoms with Gasteiger partial charge in [-0.2, -0.15) is 0 Å². The quantitative estimate of drug-likeness (QED) is 0.912. The van der Waals surface area contributed by atoms with E-state index in [1.807, 2.05) is 13.8 Å². The molecule has 1 unspecified atom stereocenters. The number of pyridine rings is 1. The van der Waals surface area contributed by atoms with Gasteiger partial charge < -0.3 is 11.1 Å². The molecule has 2 aromatic heterocycles. The summed E-state index contributed by atoms with van der Waals surface area (Å²) in [6.45, 7) is 6.05. The Morgan fingerprint density at radius 3 is 2.75 bits per heavy atom. The van der Waals surface area contributed by atoms with Crippen molar-refractivity contribution in [1.29, 1.82) is 0 Å². The second-order valence-electron chi connectivity index (χ2n) is 4.65. The average Bonchev–Trinajstić information content (AvgIpc) is 2.71. The number of nitrogens with one attached hydrogen (secondary N) is 1. The minimum absolute atomic E-state index is 0.0853. The van der Waals surface area contributed by atoms with Crippen LogP contribution in [-0.2, 0) is 0 Å². The van der Waals surface area contributed by atoms with Gasteiger partial charge >= 0.3 is 0 Å². The van der Waals surface area contributed by atoms with Crippen molar-refractivity contribution in [2.45, 2.75) is 26.8 Å². The summed E-state index contributed by atoms with van der Waals surface area (Å²) in [5.74, 6) is 0.0228. The van der Waals surface area contributed by atoms with E-state index in [9.17, 15) is 4.79 Å². The number of anilines is 1. The number of thiophene rings is 1. The van der Waals surface area contributed by atoms with Crippen molar-refractivity contribution in [2.24, 2.45) is 0 Å². The number of nitrogens with zero attached hydrogens (tertiary/aromatic N) is 1. The number of carbonyl (C=O) groups excluding carboxylic acids is 1. The molecule has 0 saturated heterocycles. The lowest BCUT2D eigenvalue weighted by molar-refractivity contribution is 0.0940. The maximum absolute atomic E-state index is 12.2. The monoisotopic (exact) mass is 309 g/mol. The molecule has 2 rings (SSSR count). The summed E-state index contributed by atoms with van der Waals surface area (Å²) in [4.78, 5) is 18.5. The molecule has 6 heteroatoms. The zero-order valence-electron chi connectivity index (χ0n) is 11.5. The second-order valence-corrected chi connectivity index (χ2v) is 6.52. The Balaban J connectivity index is 2.19. The molecule has 106 valence electrons. The minimum atomic E-state index is -0.250. The molecular formula is C14H16ClN3OS. The highest BCUT2D eigenvalue weighted by Crippen LogP contribution is 2.26. The Morgan fingerprint density at radius 1 is 1.45 bits per heavy atom. The van der Waals surface area contributed by atoms with E-state index in [1.54, 1.807) is 11.3 Å². The molecule has 0 radical (unpaired) electrons. The van der Waals surface area contributed by atoms with E-state index in [1.165, 1.54) is 22.0 Å². The van der Waals surface area contributed by atoms with Crippen LogP contribution in [0.1, 0.15) is 38.6 Å². The van der Waals surface area contributed by atoms with E-state index in [4.69, 9.17) is 17.3 Å². The molecule has 20 heavy (non-hydrogen) atoms. The van der Waals surface area contributed by atoms with Crippen molar-refractivity contribution in [3.05, 3.63) is 44.2 Å². The third-order valence-electron chi connectivity index (χ3n) is 3.01. The van der Waals surface area contributed by atoms with E-state index < -0.39 is 0 Å². The van der Waals surface area contributed by atoms with E-state index in [-0.39, 0.29) is 17.8 Å². The number of aromatic nitrogens is 1. The summed E-state index contributed by atoms with van der Waals surface area (Å²) >= 11 is 7.70. The van der Waals surface area contributed by atoms with E-state index in [0.717, 1.165) is 5.56 Å². The molecule has 0 aliphatic rings. The number of nitrogens with two attached hydrogens (primary N) is 1. The Bertz CT molecular complexity index is 654. The van der Waals surface area contributed by atoms with Crippen molar-refractivity contribution in [2.75, 3.05) is 5.73 Å². The lowest BCUT2D eigenvalue weighted by Crippen LogP contribution is -2.27. The lowest BCUT2D eigenvalue weighted by atomic mass is 10.1. The predicted molar refractivity (Wildman–Crippen MR) is 83.3 cm³/mol. The SMILES string of the molecule is Cc1cc(C(C)NC(=O)c2cc(N)ncc2Cl)c(C)s1. The van der Waals surface area contributed by atoms with E-state index in [0.29, 0.717) is 10.6 Å². The Kier molecular flexibility index (Phi) is 4.30. The smallest absolute Gasteiger partial charge is 0.253 e. The molecule has 0 saturated carbocycles. The number of halogens is 1. The highest BCUT2D eigenvalue weighted by Gasteiger charge is 2.17. The molecule has 1 atom stereocenters. The van der Waals surface area contributed by atoms with Crippen LogP contribution >= 0.6 is 22.9 Å². The summed E-state index contributed by atoms with van der Waals surface area (Å²) in [7, 11) is 0. The summed E-state index contributed by atoms with van der Waals surface area (Å²) in [6.07, 6.45) is 1.39. The molecule has 0 spiro atoms. The highest BCUT2D eigenvalue weighted by molar-refractivity contribution is 7.12. The fraction of sp³-hybridized carbons (Fsp3) is 0.286. The lowest BCUT2D eigenvalue weighted by Gasteiger charge is -2.14. The number of aryl methyl sites for hydroxylation is 2. The third kappa shape index (κ3) is 3.11. The van der Waals surface area contributed by atoms with Crippen LogP contribution in [0.4, 0.5) is 5.82 Å². The van der Waals surface area contributed by atoms with Gasteiger partial charge in [0, 0.05) is 16.0 Å². The Hall–Kier alpha value is -1.59. The van der Waals surface area contributed by atoms with Crippen molar-refractivity contribution in [1.82, 2.24) is 10.3 Å². The Morgan fingerprint density at radius 2 is 2.15 bits per heavy atom. The van der Waals surface area contributed by atoms with Crippen LogP contribution in [0.5, 0.6) is 0 Å². The van der Waals surface area contributed by atoms with Gasteiger partial charge in [0.05, 0.1) is 16.6 Å². The van der Waals surface area contributed by atoms with Crippen LogP contribution in [0.3, 0.4) is 0 Å². The number of hydrogen-bond acceptors (Lipinski definition) is 4. The van der Waals surface area contributed by atoms with Gasteiger partial charge in [0.1, 0.15) is 5.82 Å². The molecule has 0 aliphatic carbocycles. The number of amides is 1. The van der Waals surface area contributed by atoms with Crippen LogP contribution in [-0.4, -0.2) is 10.9 Å². The van der Waals surface area contributed by atoms with Gasteiger partial charge in [0.15, 0.2) is 0 Å². The molecular weight excluding hydrogens is 294 g/mol. The maximum Gasteiger partial charge on any atom is 0.253 e. The standard InChI is InChI=1S/C14H16ClN3OS/c1-7-4-10(9(3)20-7)8(2)18-14(19)11-5-13(16)17-6-12(11)15/h4-6,8H,1-3H3,(H2,16,17)(H,18,19). The van der Waals surface area contributed by atoms with Crippen LogP contribution in [0.15, 0.2) is 18.3 Å². The third-order valence-corrected chi connectivity index (χ3v) is 4.30. The number of rotatable bonds is 3. The first-order valence-corrected chi connectivity index (χ1v) is 7.36. The first kappa shape index (κ1) is 14.8. The number of nitrogen functional groups attached to an aromatic ring is 1. The van der Waals surface area contributed by atoms with E-state index >= 15 is 0 Å². The molecule has 0 aromatic carbocycles. The maximum atomic E-state index is 12.2. The van der Waals surface area contributed by atoms with E-state index in [2.05, 4.69) is 23.3 Å². The fourth-order valence-electron chi connectivity index (χ4n) is 2.06. The highest BCUT2D eigenvalue weighted by atomic mass is 35.5. The zero-order valence-corrected chi connectivity index (χ0v) is 13.1. The van der Waals surface area contributed by atoms with Gasteiger partial charge in [0.25, 0.3) is 5.91 Å². The van der Waals surface area contributed by atoms with Gasteiger partial charge in [-0.15, -0.1) is 11.3 Å².